The number of hydrogen-bond acceptors (Lipinski definition) is 6. The summed E-state index contributed by atoms with van der Waals surface area (Å²) in [6, 6.07) is 8.65. The molecule has 6 nitrogen and oxygen atoms in total. The van der Waals surface area contributed by atoms with E-state index in [2.05, 4.69) is 63.0 Å². The Morgan fingerprint density at radius 2 is 1.79 bits per heavy atom. The summed E-state index contributed by atoms with van der Waals surface area (Å²) in [5.41, 5.74) is 5.57. The summed E-state index contributed by atoms with van der Waals surface area (Å²) in [4.78, 5) is 23.0. The zero-order valence-corrected chi connectivity index (χ0v) is 29.8. The van der Waals surface area contributed by atoms with Gasteiger partial charge in [0.25, 0.3) is 0 Å². The average molecular weight is 642 g/mol. The molecule has 1 amide bonds. The van der Waals surface area contributed by atoms with Crippen LogP contribution in [0.15, 0.2) is 30.5 Å². The zero-order chi connectivity index (χ0) is 31.2. The van der Waals surface area contributed by atoms with E-state index < -0.39 is 13.9 Å². The maximum atomic E-state index is 12.6. The van der Waals surface area contributed by atoms with E-state index in [9.17, 15) is 4.79 Å². The number of nitrogens with zero attached hydrogens (tertiary/aromatic N) is 3. The van der Waals surface area contributed by atoms with Crippen LogP contribution in [0.3, 0.4) is 0 Å². The first kappa shape index (κ1) is 32.3. The summed E-state index contributed by atoms with van der Waals surface area (Å²) in [6.45, 7) is 21.3. The lowest BCUT2D eigenvalue weighted by atomic mass is 9.91. The van der Waals surface area contributed by atoms with Crippen LogP contribution in [-0.4, -0.2) is 56.1 Å². The highest BCUT2D eigenvalue weighted by Crippen LogP contribution is 2.45. The Morgan fingerprint density at radius 3 is 2.47 bits per heavy atom. The monoisotopic (exact) mass is 641 g/mol. The molecule has 0 radical (unpaired) electrons. The minimum absolute atomic E-state index is 0.169. The van der Waals surface area contributed by atoms with Gasteiger partial charge in [0.1, 0.15) is 5.60 Å². The Kier molecular flexibility index (Phi) is 9.26. The number of pyridine rings is 1. The van der Waals surface area contributed by atoms with Crippen molar-refractivity contribution in [2.24, 2.45) is 5.92 Å². The Hall–Kier alpha value is -2.13. The molecule has 2 aromatic heterocycles. The molecule has 0 aliphatic carbocycles. The van der Waals surface area contributed by atoms with Crippen molar-refractivity contribution in [3.63, 3.8) is 0 Å². The summed E-state index contributed by atoms with van der Waals surface area (Å²) in [5.74, 6) is 0.520. The molecule has 1 aromatic carbocycles. The van der Waals surface area contributed by atoms with E-state index in [0.717, 1.165) is 62.4 Å². The maximum absolute atomic E-state index is 12.6. The van der Waals surface area contributed by atoms with E-state index in [0.29, 0.717) is 12.5 Å². The highest BCUT2D eigenvalue weighted by molar-refractivity contribution is 7.19. The van der Waals surface area contributed by atoms with Gasteiger partial charge >= 0.3 is 6.09 Å². The van der Waals surface area contributed by atoms with Gasteiger partial charge in [0.05, 0.1) is 16.8 Å². The first-order chi connectivity index (χ1) is 20.1. The molecule has 5 rings (SSSR count). The van der Waals surface area contributed by atoms with Crippen molar-refractivity contribution in [2.45, 2.75) is 97.6 Å². The van der Waals surface area contributed by atoms with Crippen LogP contribution in [-0.2, 0) is 22.2 Å². The molecule has 0 saturated carbocycles. The number of carbonyl (C=O) groups excluding carboxylic acids is 1. The number of amides is 1. The van der Waals surface area contributed by atoms with Crippen molar-refractivity contribution >= 4 is 53.3 Å². The van der Waals surface area contributed by atoms with Crippen LogP contribution in [0.4, 0.5) is 10.5 Å². The number of aromatic nitrogens is 1. The Labute approximate surface area is 267 Å². The number of piperidine rings is 1. The predicted octanol–water partition coefficient (Wildman–Crippen LogP) is 9.54. The van der Waals surface area contributed by atoms with Crippen LogP contribution in [0, 0.1) is 5.92 Å². The minimum atomic E-state index is -1.86. The molecule has 0 N–H and O–H groups in total. The van der Waals surface area contributed by atoms with Crippen molar-refractivity contribution in [2.75, 3.05) is 31.1 Å². The van der Waals surface area contributed by atoms with Gasteiger partial charge in [-0.1, -0.05) is 32.4 Å². The van der Waals surface area contributed by atoms with Crippen molar-refractivity contribution < 1.29 is 14.0 Å². The van der Waals surface area contributed by atoms with E-state index in [1.54, 1.807) is 11.3 Å². The number of thiophene rings is 1. The van der Waals surface area contributed by atoms with Crippen LogP contribution >= 0.6 is 22.9 Å². The van der Waals surface area contributed by atoms with E-state index in [1.165, 1.54) is 32.0 Å². The second-order valence-corrected chi connectivity index (χ2v) is 21.1. The number of halogens is 1. The smallest absolute Gasteiger partial charge is 0.410 e. The van der Waals surface area contributed by atoms with Gasteiger partial charge in [-0.2, -0.15) is 0 Å². The van der Waals surface area contributed by atoms with Crippen molar-refractivity contribution in [1.82, 2.24) is 9.88 Å². The number of hydrogen-bond donors (Lipinski definition) is 0. The molecule has 4 heterocycles. The van der Waals surface area contributed by atoms with Gasteiger partial charge in [0.2, 0.25) is 0 Å². The number of likely N-dealkylation sites (tertiary alicyclic amines) is 1. The fraction of sp³-hybridized carbons (Fsp3) is 0.588. The highest BCUT2D eigenvalue weighted by Gasteiger charge is 2.37. The molecule has 9 heteroatoms. The molecule has 0 unspecified atom stereocenters. The lowest BCUT2D eigenvalue weighted by Gasteiger charge is -2.39. The minimum Gasteiger partial charge on any atom is -0.444 e. The van der Waals surface area contributed by atoms with E-state index >= 15 is 0 Å². The molecule has 2 aliphatic rings. The number of rotatable bonds is 6. The number of ether oxygens (including phenoxy) is 1. The van der Waals surface area contributed by atoms with Gasteiger partial charge < -0.3 is 19.0 Å². The van der Waals surface area contributed by atoms with Crippen LogP contribution < -0.4 is 4.90 Å². The zero-order valence-electron chi connectivity index (χ0n) is 27.2. The predicted molar refractivity (Wildman–Crippen MR) is 183 cm³/mol. The SMILES string of the molecule is CC(C)(C)OC(=O)N1CCC(CN2CCCc3cc(Cl)cc(-c4ccnc5cc(CO[Si](C)(C)C(C)(C)C)sc45)c32)CC1. The summed E-state index contributed by atoms with van der Waals surface area (Å²) >= 11 is 8.56. The summed E-state index contributed by atoms with van der Waals surface area (Å²) < 4.78 is 13.4. The lowest BCUT2D eigenvalue weighted by Crippen LogP contribution is -2.44. The normalized spacial score (nSPS) is 17.0. The maximum Gasteiger partial charge on any atom is 0.410 e. The number of anilines is 1. The molecular formula is C34H48ClN3O3SSi. The molecule has 234 valence electrons. The molecule has 1 fully saturated rings. The third-order valence-corrected chi connectivity index (χ3v) is 15.1. The van der Waals surface area contributed by atoms with Crippen LogP contribution in [0.5, 0.6) is 0 Å². The van der Waals surface area contributed by atoms with Crippen LogP contribution in [0.1, 0.15) is 71.2 Å². The van der Waals surface area contributed by atoms with Crippen molar-refractivity contribution in [3.05, 3.63) is 45.9 Å². The fourth-order valence-electron chi connectivity index (χ4n) is 5.85. The van der Waals surface area contributed by atoms with Gasteiger partial charge in [-0.25, -0.2) is 4.79 Å². The van der Waals surface area contributed by atoms with Crippen molar-refractivity contribution in [3.8, 4) is 11.1 Å². The van der Waals surface area contributed by atoms with Crippen molar-refractivity contribution in [1.29, 1.82) is 0 Å². The van der Waals surface area contributed by atoms with Gasteiger partial charge in [-0.15, -0.1) is 11.3 Å². The first-order valence-electron chi connectivity index (χ1n) is 15.7. The third-order valence-electron chi connectivity index (χ3n) is 9.22. The largest absolute Gasteiger partial charge is 0.444 e. The molecular weight excluding hydrogens is 594 g/mol. The van der Waals surface area contributed by atoms with Crippen LogP contribution in [0.2, 0.25) is 23.2 Å². The second-order valence-electron chi connectivity index (χ2n) is 14.8. The van der Waals surface area contributed by atoms with Gasteiger partial charge in [0, 0.05) is 59.1 Å². The lowest BCUT2D eigenvalue weighted by molar-refractivity contribution is 0.0186. The molecule has 3 aromatic rings. The number of benzene rings is 1. The van der Waals surface area contributed by atoms with Gasteiger partial charge in [-0.3, -0.25) is 4.98 Å². The van der Waals surface area contributed by atoms with E-state index in [-0.39, 0.29) is 11.1 Å². The van der Waals surface area contributed by atoms with E-state index in [4.69, 9.17) is 25.7 Å². The summed E-state index contributed by atoms with van der Waals surface area (Å²) in [5, 5.41) is 0.951. The summed E-state index contributed by atoms with van der Waals surface area (Å²) in [7, 11) is -1.86. The number of aryl methyl sites for hydroxylation is 1. The Bertz CT molecular complexity index is 1470. The number of carbonyl (C=O) groups is 1. The highest BCUT2D eigenvalue weighted by atomic mass is 35.5. The molecule has 1 saturated heterocycles. The number of fused-ring (bicyclic) bond motifs is 2. The second kappa shape index (κ2) is 12.3. The Balaban J connectivity index is 1.39. The van der Waals surface area contributed by atoms with Crippen LogP contribution in [0.25, 0.3) is 21.3 Å². The molecule has 0 bridgehead atoms. The Morgan fingerprint density at radius 1 is 1.07 bits per heavy atom. The van der Waals surface area contributed by atoms with E-state index in [1.807, 2.05) is 31.9 Å². The molecule has 0 atom stereocenters. The van der Waals surface area contributed by atoms with Gasteiger partial charge in [0.15, 0.2) is 8.32 Å². The topological polar surface area (TPSA) is 54.9 Å². The molecule has 0 spiro atoms. The third kappa shape index (κ3) is 7.40. The quantitative estimate of drug-likeness (QED) is 0.251. The molecule has 2 aliphatic heterocycles. The fourth-order valence-corrected chi connectivity index (χ4v) is 8.20. The first-order valence-corrected chi connectivity index (χ1v) is 19.8. The van der Waals surface area contributed by atoms with Gasteiger partial charge in [-0.05, 0) is 100 Å². The molecule has 43 heavy (non-hydrogen) atoms. The average Bonchev–Trinajstić information content (AvgIpc) is 3.34. The standard InChI is InChI=1S/C34H48ClN3O3SSi/c1-33(2,3)41-32(39)37-16-12-23(13-17-37)21-38-15-9-10-24-18-25(35)19-28(30(24)38)27-11-14-36-29-20-26(42-31(27)29)22-40-43(7,8)34(4,5)6/h11,14,18-20,23H,9-10,12-13,15-17,21-22H2,1-8H3. The summed E-state index contributed by atoms with van der Waals surface area (Å²) in [6.07, 6.45) is 5.84.